The maximum atomic E-state index is 12.9. The van der Waals surface area contributed by atoms with Gasteiger partial charge in [0.1, 0.15) is 17.3 Å². The monoisotopic (exact) mass is 407 g/mol. The topological polar surface area (TPSA) is 132 Å². The molecule has 0 bridgehead atoms. The molecule has 0 spiro atoms. The summed E-state index contributed by atoms with van der Waals surface area (Å²) in [6.45, 7) is 1.60. The number of alkyl halides is 3. The molecule has 29 heavy (non-hydrogen) atoms. The highest BCUT2D eigenvalue weighted by Gasteiger charge is 2.30. The van der Waals surface area contributed by atoms with Crippen molar-refractivity contribution in [1.29, 1.82) is 0 Å². The van der Waals surface area contributed by atoms with Gasteiger partial charge in [0.2, 0.25) is 5.91 Å². The first-order valence-corrected chi connectivity index (χ1v) is 8.28. The van der Waals surface area contributed by atoms with Gasteiger partial charge >= 0.3 is 6.18 Å². The molecule has 3 rings (SSSR count). The van der Waals surface area contributed by atoms with Crippen molar-refractivity contribution in [1.82, 2.24) is 25.0 Å². The van der Waals surface area contributed by atoms with Crippen LogP contribution >= 0.6 is 0 Å². The van der Waals surface area contributed by atoms with E-state index in [4.69, 9.17) is 5.73 Å². The number of aryl methyl sites for hydroxylation is 1. The summed E-state index contributed by atoms with van der Waals surface area (Å²) < 4.78 is 39.8. The van der Waals surface area contributed by atoms with Crippen molar-refractivity contribution in [2.75, 3.05) is 5.32 Å². The number of pyridine rings is 2. The summed E-state index contributed by atoms with van der Waals surface area (Å²) in [6.07, 6.45) is -3.39. The number of rotatable bonds is 6. The molecule has 4 N–H and O–H groups in total. The van der Waals surface area contributed by atoms with Crippen LogP contribution in [0.4, 0.5) is 24.8 Å². The van der Waals surface area contributed by atoms with E-state index in [-0.39, 0.29) is 18.2 Å². The molecule has 0 saturated heterocycles. The molecule has 0 aromatic carbocycles. The molecule has 0 aliphatic heterocycles. The van der Waals surface area contributed by atoms with E-state index < -0.39 is 23.8 Å². The summed E-state index contributed by atoms with van der Waals surface area (Å²) >= 11 is 0. The van der Waals surface area contributed by atoms with Gasteiger partial charge < -0.3 is 16.2 Å². The number of hydrogen-bond donors (Lipinski definition) is 3. The number of nitrogens with zero attached hydrogens (tertiary/aromatic N) is 5. The van der Waals surface area contributed by atoms with Crippen LogP contribution in [0.2, 0.25) is 0 Å². The van der Waals surface area contributed by atoms with Crippen LogP contribution in [-0.2, 0) is 17.5 Å². The maximum Gasteiger partial charge on any atom is 0.416 e. The number of aliphatic hydroxyl groups is 1. The Kier molecular flexibility index (Phi) is 5.46. The lowest BCUT2D eigenvalue weighted by molar-refractivity contribution is -0.137. The van der Waals surface area contributed by atoms with E-state index in [1.54, 1.807) is 19.1 Å². The summed E-state index contributed by atoms with van der Waals surface area (Å²) in [6, 6.07) is 5.08. The van der Waals surface area contributed by atoms with E-state index in [0.29, 0.717) is 11.4 Å². The van der Waals surface area contributed by atoms with Gasteiger partial charge in [0, 0.05) is 6.20 Å². The number of aromatic nitrogens is 5. The van der Waals surface area contributed by atoms with Crippen molar-refractivity contribution >= 4 is 17.5 Å². The molecule has 0 saturated carbocycles. The summed E-state index contributed by atoms with van der Waals surface area (Å²) in [5.74, 6) is -0.647. The number of carbonyl (C=O) groups excluding carboxylic acids is 1. The molecular weight excluding hydrogens is 391 g/mol. The van der Waals surface area contributed by atoms with E-state index in [1.807, 2.05) is 0 Å². The molecule has 0 unspecified atom stereocenters. The van der Waals surface area contributed by atoms with Crippen molar-refractivity contribution in [2.24, 2.45) is 5.73 Å². The van der Waals surface area contributed by atoms with Crippen molar-refractivity contribution in [3.63, 3.8) is 0 Å². The molecule has 0 fully saturated rings. The Hall–Kier alpha value is -3.54. The predicted molar refractivity (Wildman–Crippen MR) is 95.7 cm³/mol. The fourth-order valence-corrected chi connectivity index (χ4v) is 2.44. The number of amides is 1. The van der Waals surface area contributed by atoms with E-state index in [2.05, 4.69) is 25.6 Å². The largest absolute Gasteiger partial charge is 0.416 e. The number of carbonyl (C=O) groups is 1. The number of halogens is 3. The minimum Gasteiger partial charge on any atom is -0.381 e. The van der Waals surface area contributed by atoms with Crippen LogP contribution in [0.5, 0.6) is 0 Å². The number of nitrogens with one attached hydrogen (secondary N) is 1. The quantitative estimate of drug-likeness (QED) is 0.566. The molecule has 0 radical (unpaired) electrons. The first kappa shape index (κ1) is 20.2. The van der Waals surface area contributed by atoms with Crippen LogP contribution in [0, 0.1) is 6.92 Å². The van der Waals surface area contributed by atoms with Gasteiger partial charge in [-0.2, -0.15) is 13.2 Å². The van der Waals surface area contributed by atoms with Crippen LogP contribution in [0.3, 0.4) is 0 Å². The first-order valence-electron chi connectivity index (χ1n) is 8.28. The lowest BCUT2D eigenvalue weighted by Gasteiger charge is -2.10. The van der Waals surface area contributed by atoms with Gasteiger partial charge in [-0.15, -0.1) is 5.10 Å². The fraction of sp³-hybridized carbons (Fsp3) is 0.235. The molecule has 152 valence electrons. The predicted octanol–water partition coefficient (Wildman–Crippen LogP) is 1.65. The third-order valence-electron chi connectivity index (χ3n) is 3.80. The molecule has 12 heteroatoms. The summed E-state index contributed by atoms with van der Waals surface area (Å²) in [7, 11) is 0. The Morgan fingerprint density at radius 2 is 2.03 bits per heavy atom. The van der Waals surface area contributed by atoms with Crippen LogP contribution in [-0.4, -0.2) is 42.1 Å². The molecule has 1 atom stereocenters. The average molecular weight is 407 g/mol. The Bertz CT molecular complexity index is 1040. The van der Waals surface area contributed by atoms with E-state index in [9.17, 15) is 23.1 Å². The maximum absolute atomic E-state index is 12.9. The van der Waals surface area contributed by atoms with Crippen molar-refractivity contribution in [3.8, 4) is 11.4 Å². The Morgan fingerprint density at radius 3 is 2.72 bits per heavy atom. The normalized spacial score (nSPS) is 12.6. The van der Waals surface area contributed by atoms with Crippen LogP contribution in [0.1, 0.15) is 11.1 Å². The number of aliphatic hydroxyl groups excluding tert-OH is 1. The third-order valence-corrected chi connectivity index (χ3v) is 3.80. The molecule has 3 heterocycles. The van der Waals surface area contributed by atoms with Gasteiger partial charge in [-0.3, -0.25) is 4.79 Å². The Labute approximate surface area is 162 Å². The van der Waals surface area contributed by atoms with Crippen molar-refractivity contribution < 1.29 is 23.1 Å². The van der Waals surface area contributed by atoms with Crippen LogP contribution in [0.25, 0.3) is 11.4 Å². The average Bonchev–Trinajstić information content (AvgIpc) is 3.09. The Morgan fingerprint density at radius 1 is 1.28 bits per heavy atom. The molecule has 1 amide bonds. The Balaban J connectivity index is 1.84. The highest BCUT2D eigenvalue weighted by atomic mass is 19.4. The number of anilines is 2. The van der Waals surface area contributed by atoms with Gasteiger partial charge in [0.15, 0.2) is 6.10 Å². The van der Waals surface area contributed by atoms with Gasteiger partial charge in [0.05, 0.1) is 24.0 Å². The smallest absolute Gasteiger partial charge is 0.381 e. The van der Waals surface area contributed by atoms with Gasteiger partial charge in [-0.25, -0.2) is 14.6 Å². The summed E-state index contributed by atoms with van der Waals surface area (Å²) in [5, 5.41) is 20.0. The molecule has 0 aliphatic rings. The molecule has 3 aromatic rings. The number of nitrogens with two attached hydrogens (primary N) is 1. The second-order valence-corrected chi connectivity index (χ2v) is 6.21. The molecular formula is C17H16F3N7O2. The minimum absolute atomic E-state index is 0.0166. The van der Waals surface area contributed by atoms with Crippen LogP contribution in [0.15, 0.2) is 36.7 Å². The standard InChI is InChI=1S/C17H16F3N7O2/c1-9-4-11(12-7-27(26-25-12)8-13(28)16(21)29)23-15(5-9)24-14-6-10(2-3-22-14)17(18,19)20/h2-7,13,28H,8H2,1H3,(H2,21,29)(H,22,23,24)/t13-/m0/s1. The zero-order valence-electron chi connectivity index (χ0n) is 15.1. The lowest BCUT2D eigenvalue weighted by Crippen LogP contribution is -2.32. The first-order chi connectivity index (χ1) is 13.6. The molecule has 9 nitrogen and oxygen atoms in total. The second kappa shape index (κ2) is 7.83. The second-order valence-electron chi connectivity index (χ2n) is 6.21. The third kappa shape index (κ3) is 5.04. The van der Waals surface area contributed by atoms with Gasteiger partial charge in [-0.1, -0.05) is 5.21 Å². The molecule has 3 aromatic heterocycles. The van der Waals surface area contributed by atoms with Crippen LogP contribution < -0.4 is 11.1 Å². The zero-order chi connectivity index (χ0) is 21.2. The van der Waals surface area contributed by atoms with Crippen molar-refractivity contribution in [3.05, 3.63) is 47.8 Å². The highest BCUT2D eigenvalue weighted by Crippen LogP contribution is 2.30. The number of primary amides is 1. The highest BCUT2D eigenvalue weighted by molar-refractivity contribution is 5.78. The SMILES string of the molecule is Cc1cc(Nc2cc(C(F)(F)F)ccn2)nc(-c2cn(C[C@H](O)C(N)=O)nn2)c1. The minimum atomic E-state index is -4.49. The van der Waals surface area contributed by atoms with E-state index >= 15 is 0 Å². The van der Waals surface area contributed by atoms with Crippen molar-refractivity contribution in [2.45, 2.75) is 25.7 Å². The number of hydrogen-bond acceptors (Lipinski definition) is 7. The fourth-order valence-electron chi connectivity index (χ4n) is 2.44. The van der Waals surface area contributed by atoms with E-state index in [0.717, 1.165) is 23.9 Å². The lowest BCUT2D eigenvalue weighted by atomic mass is 10.2. The molecule has 0 aliphatic carbocycles. The summed E-state index contributed by atoms with van der Waals surface area (Å²) in [4.78, 5) is 19.1. The van der Waals surface area contributed by atoms with Gasteiger partial charge in [-0.05, 0) is 36.8 Å². The van der Waals surface area contributed by atoms with E-state index in [1.165, 1.54) is 10.9 Å². The zero-order valence-corrected chi connectivity index (χ0v) is 15.1. The van der Waals surface area contributed by atoms with Gasteiger partial charge in [0.25, 0.3) is 0 Å². The summed E-state index contributed by atoms with van der Waals surface area (Å²) in [5.41, 5.74) is 5.66.